The number of aliphatic hydroxyl groups is 3. The van der Waals surface area contributed by atoms with Gasteiger partial charge in [-0.1, -0.05) is 0 Å². The fraction of sp³-hybridized carbons (Fsp3) is 0.500. The second-order valence-electron chi connectivity index (χ2n) is 4.40. The molecule has 1 aromatic carbocycles. The molecule has 19 heavy (non-hydrogen) atoms. The predicted octanol–water partition coefficient (Wildman–Crippen LogP) is -1.46. The molecule has 0 amide bonds. The lowest BCUT2D eigenvalue weighted by atomic mass is 9.98. The van der Waals surface area contributed by atoms with Crippen molar-refractivity contribution >= 4 is 0 Å². The molecule has 0 spiro atoms. The van der Waals surface area contributed by atoms with E-state index in [4.69, 9.17) is 25.4 Å². The summed E-state index contributed by atoms with van der Waals surface area (Å²) >= 11 is 0. The summed E-state index contributed by atoms with van der Waals surface area (Å²) in [4.78, 5) is 0. The number of phenolic OH excluding ortho intramolecular Hbond substituents is 1. The molecule has 0 unspecified atom stereocenters. The van der Waals surface area contributed by atoms with Gasteiger partial charge in [-0.05, 0) is 24.3 Å². The average Bonchev–Trinajstić information content (AvgIpc) is 2.42. The lowest BCUT2D eigenvalue weighted by Crippen LogP contribution is -2.63. The van der Waals surface area contributed by atoms with Gasteiger partial charge in [-0.15, -0.1) is 0 Å². The van der Waals surface area contributed by atoms with Gasteiger partial charge in [0.25, 0.3) is 0 Å². The molecule has 1 heterocycles. The van der Waals surface area contributed by atoms with Crippen molar-refractivity contribution in [3.8, 4) is 11.5 Å². The molecule has 1 aliphatic rings. The quantitative estimate of drug-likeness (QED) is 0.455. The molecular formula is C12H17NO6. The molecule has 1 saturated heterocycles. The van der Waals surface area contributed by atoms with Crippen LogP contribution in [0.2, 0.25) is 0 Å². The number of aliphatic hydroxyl groups excluding tert-OH is 3. The fourth-order valence-electron chi connectivity index (χ4n) is 1.87. The van der Waals surface area contributed by atoms with E-state index in [-0.39, 0.29) is 5.75 Å². The monoisotopic (exact) mass is 271 g/mol. The second kappa shape index (κ2) is 5.72. The predicted molar refractivity (Wildman–Crippen MR) is 64.5 cm³/mol. The number of phenols is 1. The third-order valence-electron chi connectivity index (χ3n) is 3.02. The third kappa shape index (κ3) is 2.96. The van der Waals surface area contributed by atoms with Crippen LogP contribution in [0.1, 0.15) is 0 Å². The van der Waals surface area contributed by atoms with Crippen molar-refractivity contribution in [2.45, 2.75) is 30.6 Å². The van der Waals surface area contributed by atoms with Gasteiger partial charge in [0.05, 0.1) is 12.6 Å². The maximum absolute atomic E-state index is 9.75. The molecule has 0 aliphatic carbocycles. The van der Waals surface area contributed by atoms with Gasteiger partial charge < -0.3 is 35.6 Å². The number of hydrogen-bond acceptors (Lipinski definition) is 7. The molecule has 1 aromatic rings. The van der Waals surface area contributed by atoms with Gasteiger partial charge in [0.15, 0.2) is 0 Å². The first-order valence-corrected chi connectivity index (χ1v) is 5.86. The molecule has 0 radical (unpaired) electrons. The summed E-state index contributed by atoms with van der Waals surface area (Å²) in [5.41, 5.74) is 5.72. The maximum Gasteiger partial charge on any atom is 0.218 e. The van der Waals surface area contributed by atoms with Crippen molar-refractivity contribution in [2.75, 3.05) is 6.61 Å². The Balaban J connectivity index is 2.08. The van der Waals surface area contributed by atoms with Crippen LogP contribution in [0.5, 0.6) is 11.5 Å². The highest BCUT2D eigenvalue weighted by Crippen LogP contribution is 2.24. The van der Waals surface area contributed by atoms with Crippen molar-refractivity contribution in [1.29, 1.82) is 0 Å². The molecule has 7 nitrogen and oxygen atoms in total. The van der Waals surface area contributed by atoms with Crippen LogP contribution in [-0.4, -0.2) is 57.7 Å². The standard InChI is InChI=1S/C12H17NO6/c13-9-11(17)10(16)8(5-14)19-12(9)18-7-3-1-6(15)2-4-7/h1-4,8-12,14-17H,5,13H2/t8-,9-,10-,11-,12+/m0/s1. The largest absolute Gasteiger partial charge is 0.508 e. The zero-order chi connectivity index (χ0) is 14.0. The van der Waals surface area contributed by atoms with Crippen molar-refractivity contribution in [2.24, 2.45) is 5.73 Å². The molecule has 7 heteroatoms. The first-order chi connectivity index (χ1) is 9.02. The van der Waals surface area contributed by atoms with E-state index >= 15 is 0 Å². The SMILES string of the molecule is N[C@@H]1[C@H](Oc2ccc(O)cc2)O[C@@H](CO)[C@H](O)[C@H]1O. The van der Waals surface area contributed by atoms with E-state index < -0.39 is 37.3 Å². The van der Waals surface area contributed by atoms with Gasteiger partial charge in [0, 0.05) is 0 Å². The second-order valence-corrected chi connectivity index (χ2v) is 4.40. The number of benzene rings is 1. The van der Waals surface area contributed by atoms with Crippen LogP contribution >= 0.6 is 0 Å². The van der Waals surface area contributed by atoms with Crippen LogP contribution in [0.4, 0.5) is 0 Å². The van der Waals surface area contributed by atoms with Crippen LogP contribution in [-0.2, 0) is 4.74 Å². The minimum Gasteiger partial charge on any atom is -0.508 e. The van der Waals surface area contributed by atoms with Gasteiger partial charge in [-0.3, -0.25) is 0 Å². The molecule has 0 bridgehead atoms. The van der Waals surface area contributed by atoms with E-state index in [1.807, 2.05) is 0 Å². The Bertz CT molecular complexity index is 409. The summed E-state index contributed by atoms with van der Waals surface area (Å²) in [7, 11) is 0. The Morgan fingerprint density at radius 1 is 1.16 bits per heavy atom. The fourth-order valence-corrected chi connectivity index (χ4v) is 1.87. The van der Waals surface area contributed by atoms with E-state index in [9.17, 15) is 10.2 Å². The van der Waals surface area contributed by atoms with Crippen molar-refractivity contribution in [3.05, 3.63) is 24.3 Å². The number of rotatable bonds is 3. The topological polar surface area (TPSA) is 125 Å². The first kappa shape index (κ1) is 14.0. The van der Waals surface area contributed by atoms with Crippen LogP contribution in [0, 0.1) is 0 Å². The minimum absolute atomic E-state index is 0.0879. The lowest BCUT2D eigenvalue weighted by Gasteiger charge is -2.40. The summed E-state index contributed by atoms with van der Waals surface area (Å²) in [6, 6.07) is 4.93. The Hall–Kier alpha value is -1.38. The minimum atomic E-state index is -1.26. The Morgan fingerprint density at radius 2 is 1.79 bits per heavy atom. The molecule has 0 aromatic heterocycles. The van der Waals surface area contributed by atoms with Gasteiger partial charge in [0.1, 0.15) is 29.8 Å². The van der Waals surface area contributed by atoms with Crippen molar-refractivity contribution < 1.29 is 29.9 Å². The van der Waals surface area contributed by atoms with Crippen LogP contribution in [0.15, 0.2) is 24.3 Å². The molecule has 1 aliphatic heterocycles. The summed E-state index contributed by atoms with van der Waals surface area (Å²) in [5.74, 6) is 0.475. The Labute approximate surface area is 109 Å². The van der Waals surface area contributed by atoms with E-state index in [1.54, 1.807) is 0 Å². The summed E-state index contributed by atoms with van der Waals surface area (Å²) in [6.45, 7) is -0.458. The summed E-state index contributed by atoms with van der Waals surface area (Å²) < 4.78 is 10.7. The van der Waals surface area contributed by atoms with Crippen molar-refractivity contribution in [3.63, 3.8) is 0 Å². The Kier molecular flexibility index (Phi) is 4.23. The van der Waals surface area contributed by atoms with Gasteiger partial charge in [-0.2, -0.15) is 0 Å². The number of aromatic hydroxyl groups is 1. The zero-order valence-electron chi connectivity index (χ0n) is 10.1. The highest BCUT2D eigenvalue weighted by atomic mass is 16.7. The smallest absolute Gasteiger partial charge is 0.218 e. The van der Waals surface area contributed by atoms with Crippen LogP contribution < -0.4 is 10.5 Å². The molecule has 2 rings (SSSR count). The molecule has 0 saturated carbocycles. The Morgan fingerprint density at radius 3 is 2.37 bits per heavy atom. The van der Waals surface area contributed by atoms with E-state index in [1.165, 1.54) is 24.3 Å². The van der Waals surface area contributed by atoms with Gasteiger partial charge >= 0.3 is 0 Å². The van der Waals surface area contributed by atoms with Gasteiger partial charge in [-0.25, -0.2) is 0 Å². The molecular weight excluding hydrogens is 254 g/mol. The normalized spacial score (nSPS) is 35.1. The first-order valence-electron chi connectivity index (χ1n) is 5.86. The average molecular weight is 271 g/mol. The number of ether oxygens (including phenoxy) is 2. The maximum atomic E-state index is 9.75. The highest BCUT2D eigenvalue weighted by molar-refractivity contribution is 5.30. The van der Waals surface area contributed by atoms with Gasteiger partial charge in [0.2, 0.25) is 6.29 Å². The third-order valence-corrected chi connectivity index (χ3v) is 3.02. The van der Waals surface area contributed by atoms with E-state index in [0.717, 1.165) is 0 Å². The molecule has 106 valence electrons. The van der Waals surface area contributed by atoms with Crippen molar-refractivity contribution in [1.82, 2.24) is 0 Å². The molecule has 5 atom stereocenters. The van der Waals surface area contributed by atoms with Crippen LogP contribution in [0.25, 0.3) is 0 Å². The van der Waals surface area contributed by atoms with Crippen LogP contribution in [0.3, 0.4) is 0 Å². The molecule has 1 fully saturated rings. The highest BCUT2D eigenvalue weighted by Gasteiger charge is 2.43. The van der Waals surface area contributed by atoms with E-state index in [0.29, 0.717) is 5.75 Å². The summed E-state index contributed by atoms with van der Waals surface area (Å²) in [5, 5.41) is 37.6. The number of hydrogen-bond donors (Lipinski definition) is 5. The zero-order valence-corrected chi connectivity index (χ0v) is 10.1. The lowest BCUT2D eigenvalue weighted by molar-refractivity contribution is -0.239. The van der Waals surface area contributed by atoms with E-state index in [2.05, 4.69) is 0 Å². The summed E-state index contributed by atoms with van der Waals surface area (Å²) in [6.07, 6.45) is -4.48. The molecule has 6 N–H and O–H groups in total. The number of nitrogens with two attached hydrogens (primary N) is 1.